The summed E-state index contributed by atoms with van der Waals surface area (Å²) in [4.78, 5) is 25.2. The van der Waals surface area contributed by atoms with Gasteiger partial charge < -0.3 is 14.5 Å². The molecule has 3 heterocycles. The normalized spacial score (nSPS) is 11.5. The number of rotatable bonds is 2. The monoisotopic (exact) mass is 331 g/mol. The fourth-order valence-corrected chi connectivity index (χ4v) is 2.94. The Morgan fingerprint density at radius 2 is 2.14 bits per heavy atom. The Morgan fingerprint density at radius 3 is 3.00 bits per heavy atom. The summed E-state index contributed by atoms with van der Waals surface area (Å²) in [6.07, 6.45) is 1.71. The highest BCUT2D eigenvalue weighted by Crippen LogP contribution is 2.18. The molecule has 22 heavy (non-hydrogen) atoms. The Balaban J connectivity index is 1.87. The number of aromatic amines is 3. The van der Waals surface area contributed by atoms with Gasteiger partial charge >= 0.3 is 0 Å². The summed E-state index contributed by atoms with van der Waals surface area (Å²) in [7, 11) is 0. The van der Waals surface area contributed by atoms with Crippen LogP contribution in [0.3, 0.4) is 0 Å². The van der Waals surface area contributed by atoms with E-state index in [0.29, 0.717) is 21.9 Å². The smallest absolute Gasteiger partial charge is 0.276 e. The van der Waals surface area contributed by atoms with Crippen LogP contribution in [0.25, 0.3) is 22.1 Å². The van der Waals surface area contributed by atoms with E-state index < -0.39 is 0 Å². The molecule has 0 fully saturated rings. The number of H-pyrrole nitrogens is 3. The first kappa shape index (κ1) is 13.3. The predicted octanol–water partition coefficient (Wildman–Crippen LogP) is 2.97. The van der Waals surface area contributed by atoms with Crippen LogP contribution in [0.5, 0.6) is 0 Å². The summed E-state index contributed by atoms with van der Waals surface area (Å²) in [5, 5.41) is 0.638. The molecule has 0 aliphatic heterocycles. The summed E-state index contributed by atoms with van der Waals surface area (Å²) in [5.41, 5.74) is 2.71. The van der Waals surface area contributed by atoms with Gasteiger partial charge in [-0.15, -0.1) is 0 Å². The maximum atomic E-state index is 11.8. The molecule has 3 N–H and O–H groups in total. The van der Waals surface area contributed by atoms with E-state index in [1.54, 1.807) is 12.3 Å². The van der Waals surface area contributed by atoms with Crippen molar-refractivity contribution < 1.29 is 0 Å². The second-order valence-electron chi connectivity index (χ2n) is 4.93. The van der Waals surface area contributed by atoms with Gasteiger partial charge in [0.1, 0.15) is 11.3 Å². The van der Waals surface area contributed by atoms with Gasteiger partial charge in [-0.2, -0.15) is 0 Å². The van der Waals surface area contributed by atoms with Gasteiger partial charge in [0.2, 0.25) is 0 Å². The first-order valence-corrected chi connectivity index (χ1v) is 7.35. The van der Waals surface area contributed by atoms with E-state index in [9.17, 15) is 4.79 Å². The lowest BCUT2D eigenvalue weighted by Crippen LogP contribution is -2.15. The van der Waals surface area contributed by atoms with Crippen LogP contribution in [0.4, 0.5) is 0 Å². The molecular weight excluding hydrogens is 322 g/mol. The van der Waals surface area contributed by atoms with Gasteiger partial charge in [0.25, 0.3) is 5.56 Å². The lowest BCUT2D eigenvalue weighted by Gasteiger charge is -2.06. The molecule has 0 spiro atoms. The number of benzene rings is 1. The van der Waals surface area contributed by atoms with Crippen molar-refractivity contribution in [1.82, 2.24) is 24.5 Å². The second kappa shape index (κ2) is 4.82. The molecule has 0 unspecified atom stereocenters. The third kappa shape index (κ3) is 2.06. The van der Waals surface area contributed by atoms with Crippen LogP contribution in [0.15, 0.2) is 35.3 Å². The molecule has 0 amide bonds. The minimum absolute atomic E-state index is 0.224. The molecule has 8 heteroatoms. The molecule has 4 rings (SSSR count). The lowest BCUT2D eigenvalue weighted by molar-refractivity contribution is 0.748. The zero-order valence-corrected chi connectivity index (χ0v) is 12.8. The third-order valence-electron chi connectivity index (χ3n) is 3.51. The van der Waals surface area contributed by atoms with Crippen molar-refractivity contribution in [3.8, 4) is 0 Å². The Kier molecular flexibility index (Phi) is 2.91. The van der Waals surface area contributed by atoms with Crippen LogP contribution in [0, 0.1) is 4.77 Å². The molecule has 1 aromatic carbocycles. The predicted molar refractivity (Wildman–Crippen MR) is 87.9 cm³/mol. The van der Waals surface area contributed by atoms with Crippen molar-refractivity contribution in [2.75, 3.05) is 0 Å². The Labute approximate surface area is 133 Å². The molecule has 3 aromatic heterocycles. The number of imidazole rings is 1. The SMILES string of the molecule is O=c1[nH]c(=S)n(Cc2nc3cc(Cl)ccc3[nH]2)c2cc[nH]c12. The van der Waals surface area contributed by atoms with Crippen LogP contribution in [-0.2, 0) is 6.54 Å². The van der Waals surface area contributed by atoms with E-state index in [2.05, 4.69) is 19.9 Å². The fourth-order valence-electron chi connectivity index (χ4n) is 2.52. The quantitative estimate of drug-likeness (QED) is 0.494. The van der Waals surface area contributed by atoms with Crippen molar-refractivity contribution in [2.45, 2.75) is 6.54 Å². The average Bonchev–Trinajstić information content (AvgIpc) is 3.09. The van der Waals surface area contributed by atoms with Gasteiger partial charge in [0, 0.05) is 11.2 Å². The van der Waals surface area contributed by atoms with Crippen LogP contribution in [0.1, 0.15) is 5.82 Å². The first-order valence-electron chi connectivity index (χ1n) is 6.56. The van der Waals surface area contributed by atoms with E-state index in [4.69, 9.17) is 23.8 Å². The number of hydrogen-bond acceptors (Lipinski definition) is 3. The Bertz CT molecular complexity index is 1120. The third-order valence-corrected chi connectivity index (χ3v) is 4.07. The molecular formula is C14H10ClN5OS. The first-order chi connectivity index (χ1) is 10.6. The highest BCUT2D eigenvalue weighted by atomic mass is 35.5. The molecule has 6 nitrogen and oxygen atoms in total. The van der Waals surface area contributed by atoms with Crippen molar-refractivity contribution >= 4 is 45.9 Å². The van der Waals surface area contributed by atoms with Gasteiger partial charge in [-0.25, -0.2) is 4.98 Å². The molecule has 0 saturated heterocycles. The van der Waals surface area contributed by atoms with E-state index in [1.165, 1.54) is 0 Å². The molecule has 4 aromatic rings. The summed E-state index contributed by atoms with van der Waals surface area (Å²) < 4.78 is 2.18. The maximum Gasteiger partial charge on any atom is 0.276 e. The van der Waals surface area contributed by atoms with Crippen molar-refractivity contribution in [3.05, 3.63) is 56.4 Å². The molecule has 0 atom stereocenters. The number of nitrogens with one attached hydrogen (secondary N) is 3. The molecule has 0 aliphatic rings. The summed E-state index contributed by atoms with van der Waals surface area (Å²) >= 11 is 11.2. The fraction of sp³-hybridized carbons (Fsp3) is 0.0714. The van der Waals surface area contributed by atoms with Crippen LogP contribution in [-0.4, -0.2) is 24.5 Å². The highest BCUT2D eigenvalue weighted by molar-refractivity contribution is 7.71. The zero-order valence-electron chi connectivity index (χ0n) is 11.2. The second-order valence-corrected chi connectivity index (χ2v) is 5.75. The Hall–Kier alpha value is -2.38. The van der Waals surface area contributed by atoms with E-state index in [1.807, 2.05) is 22.8 Å². The maximum absolute atomic E-state index is 11.8. The number of halogens is 1. The average molecular weight is 332 g/mol. The Morgan fingerprint density at radius 1 is 1.27 bits per heavy atom. The van der Waals surface area contributed by atoms with E-state index in [0.717, 1.165) is 22.4 Å². The molecule has 0 radical (unpaired) electrons. The van der Waals surface area contributed by atoms with Crippen molar-refractivity contribution in [1.29, 1.82) is 0 Å². The number of nitrogens with zero attached hydrogens (tertiary/aromatic N) is 2. The standard InChI is InChI=1S/C14H10ClN5OS/c15-7-1-2-8-9(5-7)18-11(17-8)6-20-10-3-4-16-12(10)13(21)19-14(20)22/h1-5,16H,6H2,(H,17,18)(H,19,21,22). The highest BCUT2D eigenvalue weighted by Gasteiger charge is 2.09. The minimum atomic E-state index is -0.224. The number of aromatic nitrogens is 5. The van der Waals surface area contributed by atoms with Crippen LogP contribution < -0.4 is 5.56 Å². The molecule has 110 valence electrons. The number of hydrogen-bond donors (Lipinski definition) is 3. The summed E-state index contributed by atoms with van der Waals surface area (Å²) in [5.74, 6) is 0.739. The van der Waals surface area contributed by atoms with Gasteiger partial charge in [0.15, 0.2) is 4.77 Å². The lowest BCUT2D eigenvalue weighted by atomic mass is 10.3. The van der Waals surface area contributed by atoms with Crippen molar-refractivity contribution in [2.24, 2.45) is 0 Å². The zero-order chi connectivity index (χ0) is 15.3. The summed E-state index contributed by atoms with van der Waals surface area (Å²) in [6, 6.07) is 7.31. The van der Waals surface area contributed by atoms with Gasteiger partial charge in [-0.1, -0.05) is 11.6 Å². The molecule has 0 saturated carbocycles. The van der Waals surface area contributed by atoms with Crippen molar-refractivity contribution in [3.63, 3.8) is 0 Å². The minimum Gasteiger partial charge on any atom is -0.355 e. The largest absolute Gasteiger partial charge is 0.355 e. The van der Waals surface area contributed by atoms with Gasteiger partial charge in [-0.05, 0) is 36.5 Å². The molecule has 0 bridgehead atoms. The topological polar surface area (TPSA) is 82.3 Å². The number of fused-ring (bicyclic) bond motifs is 2. The van der Waals surface area contributed by atoms with Crippen LogP contribution in [0.2, 0.25) is 5.02 Å². The van der Waals surface area contributed by atoms with E-state index >= 15 is 0 Å². The van der Waals surface area contributed by atoms with Crippen LogP contribution >= 0.6 is 23.8 Å². The summed E-state index contributed by atoms with van der Waals surface area (Å²) in [6.45, 7) is 0.427. The van der Waals surface area contributed by atoms with E-state index in [-0.39, 0.29) is 5.56 Å². The van der Waals surface area contributed by atoms with Gasteiger partial charge in [-0.3, -0.25) is 9.78 Å². The van der Waals surface area contributed by atoms with Gasteiger partial charge in [0.05, 0.1) is 23.1 Å². The molecule has 0 aliphatic carbocycles.